The summed E-state index contributed by atoms with van der Waals surface area (Å²) < 4.78 is 0. The van der Waals surface area contributed by atoms with Crippen LogP contribution in [0.2, 0.25) is 0 Å². The number of hydrogen-bond acceptors (Lipinski definition) is 2. The predicted octanol–water partition coefficient (Wildman–Crippen LogP) is 3.39. The average Bonchev–Trinajstić information content (AvgIpc) is 2.30. The van der Waals surface area contributed by atoms with Gasteiger partial charge in [0.05, 0.1) is 17.5 Å². The molecule has 0 aliphatic rings. The van der Waals surface area contributed by atoms with Crippen molar-refractivity contribution in [2.75, 3.05) is 5.88 Å². The monoisotopic (exact) mass is 230 g/mol. The van der Waals surface area contributed by atoms with Gasteiger partial charge in [0, 0.05) is 17.0 Å². The summed E-state index contributed by atoms with van der Waals surface area (Å²) in [4.78, 5) is 4.43. The third-order valence-corrected chi connectivity index (χ3v) is 2.87. The number of aromatic nitrogens is 1. The highest BCUT2D eigenvalue weighted by Crippen LogP contribution is 2.26. The first-order valence-electron chi connectivity index (χ1n) is 5.08. The van der Waals surface area contributed by atoms with Gasteiger partial charge in [-0.2, -0.15) is 5.26 Å². The Morgan fingerprint density at radius 3 is 2.88 bits per heavy atom. The Bertz CT molecular complexity index is 557. The number of benzene rings is 1. The van der Waals surface area contributed by atoms with Crippen LogP contribution in [0, 0.1) is 18.3 Å². The number of alkyl halides is 1. The topological polar surface area (TPSA) is 36.7 Å². The van der Waals surface area contributed by atoms with Crippen LogP contribution in [0.5, 0.6) is 0 Å². The zero-order chi connectivity index (χ0) is 11.5. The van der Waals surface area contributed by atoms with Crippen LogP contribution in [-0.4, -0.2) is 10.9 Å². The molecular weight excluding hydrogens is 220 g/mol. The van der Waals surface area contributed by atoms with Crippen LogP contribution in [0.1, 0.15) is 17.2 Å². The summed E-state index contributed by atoms with van der Waals surface area (Å²) in [5, 5.41) is 10.1. The van der Waals surface area contributed by atoms with Crippen molar-refractivity contribution in [2.24, 2.45) is 0 Å². The fraction of sp³-hybridized carbons (Fsp3) is 0.231. The van der Waals surface area contributed by atoms with Gasteiger partial charge in [0.1, 0.15) is 0 Å². The van der Waals surface area contributed by atoms with E-state index in [9.17, 15) is 0 Å². The number of halogens is 1. The van der Waals surface area contributed by atoms with Crippen molar-refractivity contribution in [2.45, 2.75) is 12.8 Å². The number of para-hydroxylation sites is 1. The Hall–Kier alpha value is -1.59. The molecule has 2 rings (SSSR count). The van der Waals surface area contributed by atoms with Gasteiger partial charge in [-0.1, -0.05) is 18.2 Å². The molecule has 1 atom stereocenters. The average molecular weight is 231 g/mol. The number of fused-ring (bicyclic) bond motifs is 1. The SMILES string of the molecule is Cc1cc(C(C#N)CCl)c2ccccc2n1. The van der Waals surface area contributed by atoms with Crippen molar-refractivity contribution < 1.29 is 0 Å². The van der Waals surface area contributed by atoms with E-state index >= 15 is 0 Å². The van der Waals surface area contributed by atoms with E-state index in [4.69, 9.17) is 16.9 Å². The Labute approximate surface area is 99.5 Å². The molecule has 0 saturated heterocycles. The van der Waals surface area contributed by atoms with Crippen LogP contribution in [0.4, 0.5) is 0 Å². The molecule has 16 heavy (non-hydrogen) atoms. The van der Waals surface area contributed by atoms with Crippen LogP contribution < -0.4 is 0 Å². The highest BCUT2D eigenvalue weighted by atomic mass is 35.5. The quantitative estimate of drug-likeness (QED) is 0.742. The Morgan fingerprint density at radius 1 is 1.44 bits per heavy atom. The van der Waals surface area contributed by atoms with Crippen molar-refractivity contribution in [3.8, 4) is 6.07 Å². The minimum atomic E-state index is -0.270. The van der Waals surface area contributed by atoms with E-state index in [0.717, 1.165) is 22.2 Å². The molecule has 2 aromatic rings. The lowest BCUT2D eigenvalue weighted by molar-refractivity contribution is 0.993. The Kier molecular flexibility index (Phi) is 3.07. The number of aryl methyl sites for hydroxylation is 1. The summed E-state index contributed by atoms with van der Waals surface area (Å²) in [7, 11) is 0. The second-order valence-electron chi connectivity index (χ2n) is 3.71. The number of pyridine rings is 1. The van der Waals surface area contributed by atoms with E-state index in [0.29, 0.717) is 5.88 Å². The third-order valence-electron chi connectivity index (χ3n) is 2.56. The van der Waals surface area contributed by atoms with Gasteiger partial charge >= 0.3 is 0 Å². The zero-order valence-electron chi connectivity index (χ0n) is 8.94. The molecule has 3 heteroatoms. The highest BCUT2D eigenvalue weighted by molar-refractivity contribution is 6.18. The first-order chi connectivity index (χ1) is 7.76. The van der Waals surface area contributed by atoms with Crippen LogP contribution >= 0.6 is 11.6 Å². The summed E-state index contributed by atoms with van der Waals surface area (Å²) in [6.45, 7) is 1.93. The Balaban J connectivity index is 2.73. The fourth-order valence-corrected chi connectivity index (χ4v) is 2.05. The molecule has 0 radical (unpaired) electrons. The number of rotatable bonds is 2. The van der Waals surface area contributed by atoms with Gasteiger partial charge in [0.2, 0.25) is 0 Å². The van der Waals surface area contributed by atoms with Crippen molar-refractivity contribution in [1.29, 1.82) is 5.26 Å². The standard InChI is InChI=1S/C13H11ClN2/c1-9-6-12(10(7-14)8-15)11-4-2-3-5-13(11)16-9/h2-6,10H,7H2,1H3. The predicted molar refractivity (Wildman–Crippen MR) is 65.6 cm³/mol. The maximum absolute atomic E-state index is 9.07. The number of hydrogen-bond donors (Lipinski definition) is 0. The van der Waals surface area contributed by atoms with Gasteiger partial charge in [-0.3, -0.25) is 4.98 Å². The first-order valence-corrected chi connectivity index (χ1v) is 5.61. The van der Waals surface area contributed by atoms with Gasteiger partial charge in [0.25, 0.3) is 0 Å². The van der Waals surface area contributed by atoms with Crippen molar-refractivity contribution in [1.82, 2.24) is 4.98 Å². The van der Waals surface area contributed by atoms with E-state index in [1.807, 2.05) is 37.3 Å². The Morgan fingerprint density at radius 2 is 2.19 bits per heavy atom. The maximum Gasteiger partial charge on any atom is 0.0855 e. The van der Waals surface area contributed by atoms with Crippen LogP contribution in [-0.2, 0) is 0 Å². The van der Waals surface area contributed by atoms with E-state index in [1.54, 1.807) is 0 Å². The third kappa shape index (κ3) is 1.87. The lowest BCUT2D eigenvalue weighted by Crippen LogP contribution is -2.00. The summed E-state index contributed by atoms with van der Waals surface area (Å²) in [6.07, 6.45) is 0. The lowest BCUT2D eigenvalue weighted by Gasteiger charge is -2.10. The second kappa shape index (κ2) is 4.51. The summed E-state index contributed by atoms with van der Waals surface area (Å²) >= 11 is 5.81. The summed E-state index contributed by atoms with van der Waals surface area (Å²) in [6, 6.07) is 12.0. The second-order valence-corrected chi connectivity index (χ2v) is 4.01. The molecule has 2 nitrogen and oxygen atoms in total. The molecule has 1 aromatic carbocycles. The molecule has 1 heterocycles. The van der Waals surface area contributed by atoms with E-state index < -0.39 is 0 Å². The minimum Gasteiger partial charge on any atom is -0.253 e. The van der Waals surface area contributed by atoms with Crippen molar-refractivity contribution in [3.05, 3.63) is 41.6 Å². The van der Waals surface area contributed by atoms with E-state index in [1.165, 1.54) is 0 Å². The fourth-order valence-electron chi connectivity index (χ4n) is 1.82. The molecule has 0 aliphatic heterocycles. The number of nitrogens with zero attached hydrogens (tertiary/aromatic N) is 2. The van der Waals surface area contributed by atoms with Gasteiger partial charge in [-0.15, -0.1) is 11.6 Å². The van der Waals surface area contributed by atoms with Gasteiger partial charge in [0.15, 0.2) is 0 Å². The van der Waals surface area contributed by atoms with Crippen LogP contribution in [0.3, 0.4) is 0 Å². The van der Waals surface area contributed by atoms with Crippen molar-refractivity contribution >= 4 is 22.5 Å². The first kappa shape index (κ1) is 10.9. The molecule has 0 aliphatic carbocycles. The molecule has 1 aromatic heterocycles. The maximum atomic E-state index is 9.07. The number of nitriles is 1. The normalized spacial score (nSPS) is 12.3. The van der Waals surface area contributed by atoms with Gasteiger partial charge in [-0.05, 0) is 24.6 Å². The van der Waals surface area contributed by atoms with Gasteiger partial charge < -0.3 is 0 Å². The molecule has 0 saturated carbocycles. The smallest absolute Gasteiger partial charge is 0.0855 e. The molecule has 80 valence electrons. The molecule has 0 spiro atoms. The zero-order valence-corrected chi connectivity index (χ0v) is 9.70. The highest BCUT2D eigenvalue weighted by Gasteiger charge is 2.13. The molecular formula is C13H11ClN2. The molecule has 0 N–H and O–H groups in total. The molecule has 0 bridgehead atoms. The summed E-state index contributed by atoms with van der Waals surface area (Å²) in [5.41, 5.74) is 2.81. The summed E-state index contributed by atoms with van der Waals surface area (Å²) in [5.74, 6) is 0.0393. The van der Waals surface area contributed by atoms with Crippen molar-refractivity contribution in [3.63, 3.8) is 0 Å². The largest absolute Gasteiger partial charge is 0.253 e. The molecule has 0 fully saturated rings. The lowest BCUT2D eigenvalue weighted by atomic mass is 9.97. The minimum absolute atomic E-state index is 0.270. The van der Waals surface area contributed by atoms with E-state index in [2.05, 4.69) is 11.1 Å². The van der Waals surface area contributed by atoms with Crippen LogP contribution in [0.25, 0.3) is 10.9 Å². The molecule has 0 amide bonds. The van der Waals surface area contributed by atoms with E-state index in [-0.39, 0.29) is 5.92 Å². The van der Waals surface area contributed by atoms with Gasteiger partial charge in [-0.25, -0.2) is 0 Å². The van der Waals surface area contributed by atoms with Crippen LogP contribution in [0.15, 0.2) is 30.3 Å². The molecule has 1 unspecified atom stereocenters.